The smallest absolute Gasteiger partial charge is 0.153 e. The molecule has 0 amide bonds. The van der Waals surface area contributed by atoms with Gasteiger partial charge in [-0.05, 0) is 61.4 Å². The van der Waals surface area contributed by atoms with Gasteiger partial charge < -0.3 is 19.9 Å². The van der Waals surface area contributed by atoms with Crippen LogP contribution in [0.4, 0.5) is 0 Å². The van der Waals surface area contributed by atoms with Crippen LogP contribution in [-0.4, -0.2) is 48.3 Å². The number of thiophene rings is 1. The predicted molar refractivity (Wildman–Crippen MR) is 137 cm³/mol. The molecule has 4 aromatic rings. The molecule has 5 nitrogen and oxygen atoms in total. The number of rotatable bonds is 7. The molecule has 34 heavy (non-hydrogen) atoms. The van der Waals surface area contributed by atoms with E-state index in [-0.39, 0.29) is 5.75 Å². The summed E-state index contributed by atoms with van der Waals surface area (Å²) in [6.07, 6.45) is 1.27. The van der Waals surface area contributed by atoms with Gasteiger partial charge in [0.15, 0.2) is 5.75 Å². The van der Waals surface area contributed by atoms with E-state index in [0.29, 0.717) is 18.7 Å². The number of nitrogens with zero attached hydrogens (tertiary/aromatic N) is 1. The summed E-state index contributed by atoms with van der Waals surface area (Å²) in [6, 6.07) is 23.1. The highest BCUT2D eigenvalue weighted by Gasteiger charge is 2.36. The standard InChI is InChI=1S/C28H28N2O3S/c1-18-2-4-19(5-3-18)28-27(25-11-6-22(31)15-26(25)34-28)33-24-9-7-23(8-10-24)32-13-12-30-17-20-14-21(30)16-29-20/h2-11,15,20-21,29,31H,12-14,16-17H2,1H3/t20-,21-/m0/s1. The van der Waals surface area contributed by atoms with E-state index >= 15 is 0 Å². The third-order valence-corrected chi connectivity index (χ3v) is 7.99. The summed E-state index contributed by atoms with van der Waals surface area (Å²) in [5.74, 6) is 2.69. The summed E-state index contributed by atoms with van der Waals surface area (Å²) in [7, 11) is 0. The van der Waals surface area contributed by atoms with Crippen LogP contribution in [0.15, 0.2) is 66.7 Å². The number of likely N-dealkylation sites (tertiary alicyclic amines) is 1. The van der Waals surface area contributed by atoms with Crippen molar-refractivity contribution in [3.63, 3.8) is 0 Å². The molecule has 0 aliphatic carbocycles. The highest BCUT2D eigenvalue weighted by atomic mass is 32.1. The number of hydrogen-bond acceptors (Lipinski definition) is 6. The zero-order valence-corrected chi connectivity index (χ0v) is 20.0. The lowest BCUT2D eigenvalue weighted by Crippen LogP contribution is -2.45. The van der Waals surface area contributed by atoms with Gasteiger partial charge in [-0.3, -0.25) is 4.90 Å². The fourth-order valence-corrected chi connectivity index (χ4v) is 6.15. The van der Waals surface area contributed by atoms with Crippen molar-refractivity contribution in [3.8, 4) is 33.4 Å². The number of hydrogen-bond donors (Lipinski definition) is 2. The van der Waals surface area contributed by atoms with Gasteiger partial charge in [-0.1, -0.05) is 29.8 Å². The molecule has 3 aromatic carbocycles. The lowest BCUT2D eigenvalue weighted by Gasteiger charge is -2.26. The van der Waals surface area contributed by atoms with E-state index in [9.17, 15) is 5.11 Å². The Labute approximate surface area is 203 Å². The fourth-order valence-electron chi connectivity index (χ4n) is 4.98. The monoisotopic (exact) mass is 472 g/mol. The van der Waals surface area contributed by atoms with E-state index < -0.39 is 0 Å². The number of fused-ring (bicyclic) bond motifs is 3. The van der Waals surface area contributed by atoms with Crippen molar-refractivity contribution in [2.24, 2.45) is 0 Å². The molecular formula is C28H28N2O3S. The maximum atomic E-state index is 9.97. The molecule has 0 spiro atoms. The van der Waals surface area contributed by atoms with Crippen LogP contribution < -0.4 is 14.8 Å². The Morgan fingerprint density at radius 2 is 1.82 bits per heavy atom. The quantitative estimate of drug-likeness (QED) is 0.356. The Hall–Kier alpha value is -3.06. The molecule has 3 heterocycles. The first-order valence-electron chi connectivity index (χ1n) is 11.8. The molecule has 2 N–H and O–H groups in total. The Morgan fingerprint density at radius 3 is 2.56 bits per heavy atom. The molecule has 2 saturated heterocycles. The van der Waals surface area contributed by atoms with Gasteiger partial charge in [-0.2, -0.15) is 0 Å². The molecule has 6 heteroatoms. The van der Waals surface area contributed by atoms with Gasteiger partial charge in [-0.25, -0.2) is 0 Å². The number of ether oxygens (including phenoxy) is 2. The number of phenolic OH excluding ortho intramolecular Hbond substituents is 1. The zero-order valence-electron chi connectivity index (χ0n) is 19.2. The first kappa shape index (κ1) is 21.5. The summed E-state index contributed by atoms with van der Waals surface area (Å²) < 4.78 is 13.4. The average Bonchev–Trinajstić information content (AvgIpc) is 3.55. The Balaban J connectivity index is 1.18. The van der Waals surface area contributed by atoms with E-state index in [1.807, 2.05) is 30.3 Å². The van der Waals surface area contributed by atoms with Crippen LogP contribution in [0.25, 0.3) is 20.5 Å². The lowest BCUT2D eigenvalue weighted by atomic mass is 10.1. The number of aryl methyl sites for hydroxylation is 1. The van der Waals surface area contributed by atoms with Crippen LogP contribution in [0.5, 0.6) is 23.0 Å². The zero-order chi connectivity index (χ0) is 23.1. The molecule has 2 fully saturated rings. The Morgan fingerprint density at radius 1 is 1.03 bits per heavy atom. The van der Waals surface area contributed by atoms with Crippen LogP contribution in [-0.2, 0) is 0 Å². The summed E-state index contributed by atoms with van der Waals surface area (Å²) in [5.41, 5.74) is 2.32. The minimum atomic E-state index is 0.260. The van der Waals surface area contributed by atoms with Crippen LogP contribution in [0.3, 0.4) is 0 Å². The van der Waals surface area contributed by atoms with Gasteiger partial charge in [0.2, 0.25) is 0 Å². The molecular weight excluding hydrogens is 444 g/mol. The number of benzene rings is 3. The van der Waals surface area contributed by atoms with Gasteiger partial charge in [0.05, 0.1) is 4.88 Å². The fraction of sp³-hybridized carbons (Fsp3) is 0.286. The summed E-state index contributed by atoms with van der Waals surface area (Å²) in [6.45, 7) is 5.99. The molecule has 0 saturated carbocycles. The molecule has 174 valence electrons. The van der Waals surface area contributed by atoms with Crippen molar-refractivity contribution in [2.75, 3.05) is 26.2 Å². The van der Waals surface area contributed by atoms with Crippen LogP contribution in [0, 0.1) is 6.92 Å². The third-order valence-electron chi connectivity index (χ3n) is 6.80. The second kappa shape index (κ2) is 8.95. The highest BCUT2D eigenvalue weighted by Crippen LogP contribution is 2.47. The summed E-state index contributed by atoms with van der Waals surface area (Å²) in [4.78, 5) is 3.58. The normalized spacial score (nSPS) is 19.7. The van der Waals surface area contributed by atoms with E-state index in [2.05, 4.69) is 41.4 Å². The third kappa shape index (κ3) is 4.25. The van der Waals surface area contributed by atoms with E-state index in [1.54, 1.807) is 23.5 Å². The van der Waals surface area contributed by atoms with E-state index in [4.69, 9.17) is 9.47 Å². The maximum absolute atomic E-state index is 9.97. The lowest BCUT2D eigenvalue weighted by molar-refractivity contribution is 0.180. The molecule has 2 aliphatic heterocycles. The number of aromatic hydroxyl groups is 1. The minimum absolute atomic E-state index is 0.260. The van der Waals surface area contributed by atoms with Crippen molar-refractivity contribution in [1.29, 1.82) is 0 Å². The van der Waals surface area contributed by atoms with Crippen molar-refractivity contribution < 1.29 is 14.6 Å². The topological polar surface area (TPSA) is 54.0 Å². The Kier molecular flexibility index (Phi) is 5.65. The van der Waals surface area contributed by atoms with E-state index in [0.717, 1.165) is 57.4 Å². The highest BCUT2D eigenvalue weighted by molar-refractivity contribution is 7.22. The maximum Gasteiger partial charge on any atom is 0.153 e. The second-order valence-corrected chi connectivity index (χ2v) is 10.3. The molecule has 0 unspecified atom stereocenters. The van der Waals surface area contributed by atoms with Crippen LogP contribution in [0.2, 0.25) is 0 Å². The van der Waals surface area contributed by atoms with Crippen molar-refractivity contribution in [2.45, 2.75) is 25.4 Å². The van der Waals surface area contributed by atoms with Gasteiger partial charge in [-0.15, -0.1) is 11.3 Å². The molecule has 2 bridgehead atoms. The molecule has 0 radical (unpaired) electrons. The molecule has 2 aliphatic rings. The second-order valence-electron chi connectivity index (χ2n) is 9.22. The van der Waals surface area contributed by atoms with Crippen molar-refractivity contribution in [3.05, 3.63) is 72.3 Å². The van der Waals surface area contributed by atoms with Crippen molar-refractivity contribution in [1.82, 2.24) is 10.2 Å². The predicted octanol–water partition coefficient (Wildman–Crippen LogP) is 5.80. The average molecular weight is 473 g/mol. The molecule has 6 rings (SSSR count). The first-order valence-corrected chi connectivity index (χ1v) is 12.6. The molecule has 1 aromatic heterocycles. The largest absolute Gasteiger partial charge is 0.508 e. The molecule has 2 atom stereocenters. The minimum Gasteiger partial charge on any atom is -0.508 e. The van der Waals surface area contributed by atoms with Crippen LogP contribution >= 0.6 is 11.3 Å². The van der Waals surface area contributed by atoms with Gasteiger partial charge in [0, 0.05) is 41.8 Å². The number of piperazine rings is 1. The number of nitrogens with one attached hydrogen (secondary N) is 1. The SMILES string of the molecule is Cc1ccc(-c2sc3cc(O)ccc3c2Oc2ccc(OCCN3C[C@@H]4C[C@H]3CN4)cc2)cc1. The van der Waals surface area contributed by atoms with E-state index in [1.165, 1.54) is 12.0 Å². The summed E-state index contributed by atoms with van der Waals surface area (Å²) in [5, 5.41) is 14.5. The van der Waals surface area contributed by atoms with Gasteiger partial charge in [0.1, 0.15) is 23.9 Å². The Bertz CT molecular complexity index is 1300. The summed E-state index contributed by atoms with van der Waals surface area (Å²) >= 11 is 1.63. The number of phenols is 1. The first-order chi connectivity index (χ1) is 16.6. The van der Waals surface area contributed by atoms with Gasteiger partial charge in [0.25, 0.3) is 0 Å². The van der Waals surface area contributed by atoms with Crippen LogP contribution in [0.1, 0.15) is 12.0 Å². The van der Waals surface area contributed by atoms with Gasteiger partial charge >= 0.3 is 0 Å². The van der Waals surface area contributed by atoms with Crippen molar-refractivity contribution >= 4 is 21.4 Å².